The van der Waals surface area contributed by atoms with Gasteiger partial charge < -0.3 is 29.8 Å². The molecule has 29 heavy (non-hydrogen) atoms. The highest BCUT2D eigenvalue weighted by molar-refractivity contribution is 6.04. The lowest BCUT2D eigenvalue weighted by Crippen LogP contribution is -2.41. The molecular weight excluding hydrogens is 374 g/mol. The van der Waals surface area contributed by atoms with E-state index in [-0.39, 0.29) is 5.91 Å². The number of hydrogen-bond donors (Lipinski definition) is 3. The molecule has 0 spiro atoms. The molecule has 2 amide bonds. The third-order valence-electron chi connectivity index (χ3n) is 4.48. The molecule has 0 saturated heterocycles. The Bertz CT molecular complexity index is 1000. The molecule has 0 aliphatic heterocycles. The van der Waals surface area contributed by atoms with Crippen LogP contribution >= 0.6 is 0 Å². The van der Waals surface area contributed by atoms with Gasteiger partial charge in [0.1, 0.15) is 29.0 Å². The molecule has 152 valence electrons. The molecule has 2 aromatic carbocycles. The summed E-state index contributed by atoms with van der Waals surface area (Å²) in [5.41, 5.74) is 1.52. The van der Waals surface area contributed by atoms with Gasteiger partial charge in [0.05, 0.1) is 26.8 Å². The van der Waals surface area contributed by atoms with Gasteiger partial charge in [-0.25, -0.2) is 0 Å². The molecule has 1 unspecified atom stereocenters. The van der Waals surface area contributed by atoms with E-state index < -0.39 is 11.9 Å². The van der Waals surface area contributed by atoms with Crippen molar-refractivity contribution in [1.82, 2.24) is 10.3 Å². The highest BCUT2D eigenvalue weighted by Gasteiger charge is 2.20. The first kappa shape index (κ1) is 20.1. The number of aromatic nitrogens is 1. The minimum Gasteiger partial charge on any atom is -0.497 e. The molecule has 8 heteroatoms. The molecule has 0 radical (unpaired) electrons. The van der Waals surface area contributed by atoms with Crippen molar-refractivity contribution in [3.63, 3.8) is 0 Å². The molecule has 8 nitrogen and oxygen atoms in total. The Kier molecular flexibility index (Phi) is 5.92. The Hall–Kier alpha value is -3.68. The van der Waals surface area contributed by atoms with E-state index in [1.165, 1.54) is 0 Å². The number of hydrogen-bond acceptors (Lipinski definition) is 5. The summed E-state index contributed by atoms with van der Waals surface area (Å²) in [7, 11) is 4.65. The zero-order valence-corrected chi connectivity index (χ0v) is 16.7. The van der Waals surface area contributed by atoms with Gasteiger partial charge in [-0.3, -0.25) is 9.59 Å². The number of rotatable bonds is 7. The number of nitrogens with one attached hydrogen (secondary N) is 3. The number of fused-ring (bicyclic) bond motifs is 1. The molecular formula is C21H23N3O5. The molecule has 1 heterocycles. The van der Waals surface area contributed by atoms with Gasteiger partial charge in [0.15, 0.2) is 0 Å². The van der Waals surface area contributed by atoms with Crippen LogP contribution in [0, 0.1) is 0 Å². The standard InChI is InChI=1S/C21H23N3O5/c1-12(20(25)23-13-6-5-7-14(10-13)27-2)22-21(26)16-11-15-17(28-3)8-9-18(29-4)19(15)24-16/h5-12,24H,1-4H3,(H,22,26)(H,23,25). The number of methoxy groups -OCH3 is 3. The second-order valence-corrected chi connectivity index (χ2v) is 6.36. The number of aromatic amines is 1. The topological polar surface area (TPSA) is 102 Å². The Morgan fingerprint density at radius 2 is 1.69 bits per heavy atom. The second-order valence-electron chi connectivity index (χ2n) is 6.36. The molecule has 0 saturated carbocycles. The minimum absolute atomic E-state index is 0.295. The van der Waals surface area contributed by atoms with Gasteiger partial charge in [0.2, 0.25) is 5.91 Å². The Morgan fingerprint density at radius 1 is 0.966 bits per heavy atom. The predicted molar refractivity (Wildman–Crippen MR) is 110 cm³/mol. The van der Waals surface area contributed by atoms with E-state index >= 15 is 0 Å². The molecule has 3 N–H and O–H groups in total. The van der Waals surface area contributed by atoms with Crippen molar-refractivity contribution in [3.8, 4) is 17.2 Å². The summed E-state index contributed by atoms with van der Waals surface area (Å²) in [6, 6.07) is 11.4. The highest BCUT2D eigenvalue weighted by atomic mass is 16.5. The van der Waals surface area contributed by atoms with E-state index in [1.54, 1.807) is 70.7 Å². The van der Waals surface area contributed by atoms with Gasteiger partial charge >= 0.3 is 0 Å². The van der Waals surface area contributed by atoms with Gasteiger partial charge in [0, 0.05) is 17.1 Å². The van der Waals surface area contributed by atoms with Crippen LogP contribution in [0.2, 0.25) is 0 Å². The van der Waals surface area contributed by atoms with Crippen molar-refractivity contribution in [1.29, 1.82) is 0 Å². The van der Waals surface area contributed by atoms with Crippen LogP contribution < -0.4 is 24.8 Å². The van der Waals surface area contributed by atoms with E-state index in [0.717, 1.165) is 0 Å². The summed E-state index contributed by atoms with van der Waals surface area (Å²) in [4.78, 5) is 28.1. The first-order chi connectivity index (χ1) is 14.0. The zero-order chi connectivity index (χ0) is 21.0. The van der Waals surface area contributed by atoms with Gasteiger partial charge in [-0.05, 0) is 37.3 Å². The number of anilines is 1. The molecule has 1 atom stereocenters. The zero-order valence-electron chi connectivity index (χ0n) is 16.7. The molecule has 0 bridgehead atoms. The van der Waals surface area contributed by atoms with Crippen molar-refractivity contribution >= 4 is 28.4 Å². The molecule has 3 rings (SSSR count). The predicted octanol–water partition coefficient (Wildman–Crippen LogP) is 2.95. The summed E-state index contributed by atoms with van der Waals surface area (Å²) in [6.45, 7) is 1.61. The largest absolute Gasteiger partial charge is 0.497 e. The molecule has 3 aromatic rings. The van der Waals surface area contributed by atoms with Gasteiger partial charge in [-0.15, -0.1) is 0 Å². The van der Waals surface area contributed by atoms with Crippen LogP contribution in [0.25, 0.3) is 10.9 Å². The smallest absolute Gasteiger partial charge is 0.268 e. The van der Waals surface area contributed by atoms with E-state index in [9.17, 15) is 9.59 Å². The van der Waals surface area contributed by atoms with Crippen LogP contribution in [-0.4, -0.2) is 44.2 Å². The minimum atomic E-state index is -0.760. The lowest BCUT2D eigenvalue weighted by Gasteiger charge is -2.14. The third kappa shape index (κ3) is 4.26. The normalized spacial score (nSPS) is 11.6. The van der Waals surface area contributed by atoms with Crippen molar-refractivity contribution in [2.75, 3.05) is 26.6 Å². The van der Waals surface area contributed by atoms with Crippen molar-refractivity contribution in [3.05, 3.63) is 48.2 Å². The van der Waals surface area contributed by atoms with E-state index in [2.05, 4.69) is 15.6 Å². The fourth-order valence-electron chi connectivity index (χ4n) is 2.93. The first-order valence-corrected chi connectivity index (χ1v) is 8.96. The summed E-state index contributed by atoms with van der Waals surface area (Å²) >= 11 is 0. The fraction of sp³-hybridized carbons (Fsp3) is 0.238. The quantitative estimate of drug-likeness (QED) is 0.569. The fourth-order valence-corrected chi connectivity index (χ4v) is 2.93. The summed E-state index contributed by atoms with van der Waals surface area (Å²) < 4.78 is 15.8. The maximum absolute atomic E-state index is 12.7. The van der Waals surface area contributed by atoms with Gasteiger partial charge in [-0.1, -0.05) is 6.07 Å². The monoisotopic (exact) mass is 397 g/mol. The Morgan fingerprint density at radius 3 is 2.38 bits per heavy atom. The van der Waals surface area contributed by atoms with Crippen LogP contribution in [0.15, 0.2) is 42.5 Å². The number of benzene rings is 2. The number of carbonyl (C=O) groups is 2. The van der Waals surface area contributed by atoms with E-state index in [1.807, 2.05) is 0 Å². The second kappa shape index (κ2) is 8.55. The highest BCUT2D eigenvalue weighted by Crippen LogP contribution is 2.33. The van der Waals surface area contributed by atoms with Crippen LogP contribution in [0.5, 0.6) is 17.2 Å². The maximum atomic E-state index is 12.7. The van der Waals surface area contributed by atoms with Crippen LogP contribution in [0.3, 0.4) is 0 Å². The third-order valence-corrected chi connectivity index (χ3v) is 4.48. The number of ether oxygens (including phenoxy) is 3. The van der Waals surface area contributed by atoms with Crippen LogP contribution in [0.4, 0.5) is 5.69 Å². The molecule has 1 aromatic heterocycles. The van der Waals surface area contributed by atoms with Gasteiger partial charge in [-0.2, -0.15) is 0 Å². The first-order valence-electron chi connectivity index (χ1n) is 8.96. The van der Waals surface area contributed by atoms with Gasteiger partial charge in [0.25, 0.3) is 5.91 Å². The Labute approximate surface area is 168 Å². The maximum Gasteiger partial charge on any atom is 0.268 e. The molecule has 0 aliphatic carbocycles. The van der Waals surface area contributed by atoms with Crippen molar-refractivity contribution < 1.29 is 23.8 Å². The van der Waals surface area contributed by atoms with E-state index in [0.29, 0.717) is 39.5 Å². The van der Waals surface area contributed by atoms with Crippen LogP contribution in [0.1, 0.15) is 17.4 Å². The SMILES string of the molecule is COc1cccc(NC(=O)C(C)NC(=O)c2cc3c(OC)ccc(OC)c3[nH]2)c1. The summed E-state index contributed by atoms with van der Waals surface area (Å²) in [5.74, 6) is 1.06. The number of amides is 2. The molecule has 0 aliphatic rings. The van der Waals surface area contributed by atoms with E-state index in [4.69, 9.17) is 14.2 Å². The number of H-pyrrole nitrogens is 1. The Balaban J connectivity index is 1.74. The molecule has 0 fully saturated rings. The summed E-state index contributed by atoms with van der Waals surface area (Å²) in [5, 5.41) is 6.15. The average Bonchev–Trinajstić information content (AvgIpc) is 3.18. The number of carbonyl (C=O) groups excluding carboxylic acids is 2. The van der Waals surface area contributed by atoms with Crippen molar-refractivity contribution in [2.24, 2.45) is 0 Å². The van der Waals surface area contributed by atoms with Crippen LogP contribution in [-0.2, 0) is 4.79 Å². The van der Waals surface area contributed by atoms with Crippen molar-refractivity contribution in [2.45, 2.75) is 13.0 Å². The lowest BCUT2D eigenvalue weighted by atomic mass is 10.2. The summed E-state index contributed by atoms with van der Waals surface area (Å²) in [6.07, 6.45) is 0. The lowest BCUT2D eigenvalue weighted by molar-refractivity contribution is -0.117. The average molecular weight is 397 g/mol.